The van der Waals surface area contributed by atoms with Crippen molar-refractivity contribution >= 4 is 29.6 Å². The molecular weight excluding hydrogens is 411 g/mol. The van der Waals surface area contributed by atoms with Crippen molar-refractivity contribution in [3.63, 3.8) is 0 Å². The highest BCUT2D eigenvalue weighted by Gasteiger charge is 2.38. The molecule has 1 saturated heterocycles. The van der Waals surface area contributed by atoms with Gasteiger partial charge >= 0.3 is 5.97 Å². The van der Waals surface area contributed by atoms with E-state index in [0.717, 1.165) is 12.8 Å². The number of hydrogen-bond acceptors (Lipinski definition) is 4. The molecule has 2 heterocycles. The van der Waals surface area contributed by atoms with Crippen LogP contribution in [-0.4, -0.2) is 53.8 Å². The second-order valence-corrected chi connectivity index (χ2v) is 8.60. The lowest BCUT2D eigenvalue weighted by Gasteiger charge is -2.25. The molecular formula is C25H23FN2O4. The summed E-state index contributed by atoms with van der Waals surface area (Å²) in [6.45, 7) is 0.866. The lowest BCUT2D eigenvalue weighted by molar-refractivity contribution is -0.133. The molecule has 2 aromatic rings. The summed E-state index contributed by atoms with van der Waals surface area (Å²) in [6, 6.07) is 11.3. The standard InChI is InChI=1S/C25H23FN2O4/c1-27(23(29)16-7-8-16)17-10-11-28(14-17)24(30)20-12-15(6-9-21(20)26)13-22-18-4-2-3-5-19(18)25(31)32-22/h2-6,9,12-13,16-17H,7-8,10-11,14H2,1H3/t17-/m1/s1. The van der Waals surface area contributed by atoms with Gasteiger partial charge in [-0.2, -0.15) is 0 Å². The normalized spacial score (nSPS) is 20.9. The first-order chi connectivity index (χ1) is 15.4. The number of rotatable bonds is 4. The molecule has 1 atom stereocenters. The maximum Gasteiger partial charge on any atom is 0.344 e. The van der Waals surface area contributed by atoms with E-state index in [1.165, 1.54) is 12.1 Å². The number of likely N-dealkylation sites (tertiary alicyclic amines) is 1. The summed E-state index contributed by atoms with van der Waals surface area (Å²) in [6.07, 6.45) is 4.19. The fourth-order valence-corrected chi connectivity index (χ4v) is 4.35. The van der Waals surface area contributed by atoms with Gasteiger partial charge in [-0.3, -0.25) is 9.59 Å². The van der Waals surface area contributed by atoms with Crippen LogP contribution >= 0.6 is 0 Å². The smallest absolute Gasteiger partial charge is 0.344 e. The van der Waals surface area contributed by atoms with Crippen molar-refractivity contribution in [1.82, 2.24) is 9.80 Å². The summed E-state index contributed by atoms with van der Waals surface area (Å²) in [7, 11) is 1.79. The monoisotopic (exact) mass is 434 g/mol. The third-order valence-corrected chi connectivity index (χ3v) is 6.41. The van der Waals surface area contributed by atoms with Crippen molar-refractivity contribution in [2.24, 2.45) is 5.92 Å². The Morgan fingerprint density at radius 3 is 2.62 bits per heavy atom. The van der Waals surface area contributed by atoms with E-state index >= 15 is 0 Å². The van der Waals surface area contributed by atoms with Gasteiger partial charge in [-0.25, -0.2) is 9.18 Å². The predicted molar refractivity (Wildman–Crippen MR) is 116 cm³/mol. The van der Waals surface area contributed by atoms with Gasteiger partial charge in [0.1, 0.15) is 11.6 Å². The van der Waals surface area contributed by atoms with E-state index in [4.69, 9.17) is 4.74 Å². The maximum atomic E-state index is 14.6. The minimum atomic E-state index is -0.605. The molecule has 2 aliphatic heterocycles. The van der Waals surface area contributed by atoms with Gasteiger partial charge < -0.3 is 14.5 Å². The molecule has 1 aliphatic carbocycles. The number of hydrogen-bond donors (Lipinski definition) is 0. The van der Waals surface area contributed by atoms with Crippen molar-refractivity contribution in [3.8, 4) is 0 Å². The largest absolute Gasteiger partial charge is 0.422 e. The van der Waals surface area contributed by atoms with Crippen LogP contribution in [0.4, 0.5) is 4.39 Å². The SMILES string of the molecule is CN(C(=O)C1CC1)[C@@H]1CCN(C(=O)c2cc(C=C3OC(=O)c4ccccc43)ccc2F)C1. The summed E-state index contributed by atoms with van der Waals surface area (Å²) in [4.78, 5) is 40.8. The average molecular weight is 434 g/mol. The zero-order valence-corrected chi connectivity index (χ0v) is 17.7. The van der Waals surface area contributed by atoms with Crippen LogP contribution < -0.4 is 0 Å². The third-order valence-electron chi connectivity index (χ3n) is 6.41. The topological polar surface area (TPSA) is 66.9 Å². The number of benzene rings is 2. The quantitative estimate of drug-likeness (QED) is 0.690. The van der Waals surface area contributed by atoms with E-state index in [9.17, 15) is 18.8 Å². The van der Waals surface area contributed by atoms with Crippen LogP contribution in [0.1, 0.15) is 51.1 Å². The molecule has 5 rings (SSSR count). The van der Waals surface area contributed by atoms with Gasteiger partial charge in [-0.05, 0) is 49.1 Å². The van der Waals surface area contributed by atoms with Crippen LogP contribution in [0.2, 0.25) is 0 Å². The van der Waals surface area contributed by atoms with Crippen LogP contribution in [0.3, 0.4) is 0 Å². The minimum absolute atomic E-state index is 0.0335. The van der Waals surface area contributed by atoms with E-state index < -0.39 is 17.7 Å². The van der Waals surface area contributed by atoms with E-state index in [0.29, 0.717) is 42.0 Å². The average Bonchev–Trinajstić information content (AvgIpc) is 3.45. The second kappa shape index (κ2) is 7.89. The van der Waals surface area contributed by atoms with E-state index in [2.05, 4.69) is 0 Å². The number of likely N-dealkylation sites (N-methyl/N-ethyl adjacent to an activating group) is 1. The molecule has 0 bridgehead atoms. The third kappa shape index (κ3) is 3.68. The zero-order chi connectivity index (χ0) is 22.4. The van der Waals surface area contributed by atoms with Crippen molar-refractivity contribution in [2.75, 3.05) is 20.1 Å². The first-order valence-corrected chi connectivity index (χ1v) is 10.8. The summed E-state index contributed by atoms with van der Waals surface area (Å²) in [5, 5.41) is 0. The van der Waals surface area contributed by atoms with Crippen LogP contribution in [0.15, 0.2) is 42.5 Å². The molecule has 2 amide bonds. The fourth-order valence-electron chi connectivity index (χ4n) is 4.35. The van der Waals surface area contributed by atoms with Crippen LogP contribution in [-0.2, 0) is 9.53 Å². The number of cyclic esters (lactones) is 1. The predicted octanol–water partition coefficient (Wildman–Crippen LogP) is 3.58. The van der Waals surface area contributed by atoms with E-state index in [-0.39, 0.29) is 23.4 Å². The minimum Gasteiger partial charge on any atom is -0.422 e. The summed E-state index contributed by atoms with van der Waals surface area (Å²) in [5.74, 6) is -0.805. The molecule has 0 aromatic heterocycles. The highest BCUT2D eigenvalue weighted by Crippen LogP contribution is 2.33. The molecule has 1 saturated carbocycles. The van der Waals surface area contributed by atoms with Crippen LogP contribution in [0.5, 0.6) is 0 Å². The van der Waals surface area contributed by atoms with Gasteiger partial charge in [0.05, 0.1) is 17.2 Å². The molecule has 6 nitrogen and oxygen atoms in total. The van der Waals surface area contributed by atoms with Gasteiger partial charge in [-0.15, -0.1) is 0 Å². The Morgan fingerprint density at radius 1 is 1.12 bits per heavy atom. The number of amides is 2. The number of carbonyl (C=O) groups excluding carboxylic acids is 3. The lowest BCUT2D eigenvalue weighted by atomic mass is 10.0. The lowest BCUT2D eigenvalue weighted by Crippen LogP contribution is -2.40. The second-order valence-electron chi connectivity index (χ2n) is 8.60. The number of esters is 1. The molecule has 2 fully saturated rings. The van der Waals surface area contributed by atoms with Gasteiger partial charge in [0, 0.05) is 31.6 Å². The van der Waals surface area contributed by atoms with Crippen molar-refractivity contribution < 1.29 is 23.5 Å². The molecule has 164 valence electrons. The Bertz CT molecular complexity index is 1150. The Balaban J connectivity index is 1.35. The Morgan fingerprint density at radius 2 is 1.88 bits per heavy atom. The molecule has 32 heavy (non-hydrogen) atoms. The molecule has 0 unspecified atom stereocenters. The Hall–Kier alpha value is -3.48. The van der Waals surface area contributed by atoms with Crippen molar-refractivity contribution in [3.05, 3.63) is 70.5 Å². The zero-order valence-electron chi connectivity index (χ0n) is 17.7. The molecule has 0 N–H and O–H groups in total. The molecule has 0 spiro atoms. The Kier molecular flexibility index (Phi) is 5.04. The fraction of sp³-hybridized carbons (Fsp3) is 0.320. The van der Waals surface area contributed by atoms with Gasteiger partial charge in [0.2, 0.25) is 5.91 Å². The van der Waals surface area contributed by atoms with Crippen LogP contribution in [0.25, 0.3) is 11.8 Å². The molecule has 7 heteroatoms. The van der Waals surface area contributed by atoms with Crippen molar-refractivity contribution in [1.29, 1.82) is 0 Å². The number of halogens is 1. The first kappa shape index (κ1) is 20.4. The highest BCUT2D eigenvalue weighted by molar-refractivity contribution is 6.06. The summed E-state index contributed by atoms with van der Waals surface area (Å²) in [5.41, 5.74) is 1.67. The maximum absolute atomic E-state index is 14.6. The number of carbonyl (C=O) groups is 3. The number of fused-ring (bicyclic) bond motifs is 1. The molecule has 3 aliphatic rings. The number of ether oxygens (including phenoxy) is 1. The van der Waals surface area contributed by atoms with Gasteiger partial charge in [0.15, 0.2) is 0 Å². The number of nitrogens with zero attached hydrogens (tertiary/aromatic N) is 2. The highest BCUT2D eigenvalue weighted by atomic mass is 19.1. The van der Waals surface area contributed by atoms with Gasteiger partial charge in [-0.1, -0.05) is 24.3 Å². The first-order valence-electron chi connectivity index (χ1n) is 10.8. The summed E-state index contributed by atoms with van der Waals surface area (Å²) >= 11 is 0. The molecule has 2 aromatic carbocycles. The van der Waals surface area contributed by atoms with Crippen LogP contribution in [0, 0.1) is 11.7 Å². The molecule has 0 radical (unpaired) electrons. The Labute approximate surface area is 185 Å². The summed E-state index contributed by atoms with van der Waals surface area (Å²) < 4.78 is 19.9. The van der Waals surface area contributed by atoms with E-state index in [1.807, 2.05) is 6.07 Å². The van der Waals surface area contributed by atoms with E-state index in [1.54, 1.807) is 47.2 Å². The van der Waals surface area contributed by atoms with Gasteiger partial charge in [0.25, 0.3) is 5.91 Å². The van der Waals surface area contributed by atoms with Crippen molar-refractivity contribution in [2.45, 2.75) is 25.3 Å².